The van der Waals surface area contributed by atoms with Crippen molar-refractivity contribution in [2.24, 2.45) is 0 Å². The molecule has 1 aromatic heterocycles. The minimum atomic E-state index is -4.48. The zero-order chi connectivity index (χ0) is 13.6. The number of ether oxygens (including phenoxy) is 1. The summed E-state index contributed by atoms with van der Waals surface area (Å²) in [6, 6.07) is 0.842. The van der Waals surface area contributed by atoms with Crippen LogP contribution in [0.3, 0.4) is 0 Å². The Hall–Kier alpha value is -1.46. The van der Waals surface area contributed by atoms with Gasteiger partial charge >= 0.3 is 6.18 Å². The molecule has 1 aromatic rings. The Morgan fingerprint density at radius 2 is 2.00 bits per heavy atom. The lowest BCUT2D eigenvalue weighted by molar-refractivity contribution is -0.141. The molecule has 0 unspecified atom stereocenters. The highest BCUT2D eigenvalue weighted by atomic mass is 19.4. The molecule has 0 aliphatic carbocycles. The number of halogens is 3. The summed E-state index contributed by atoms with van der Waals surface area (Å²) < 4.78 is 42.5. The molecule has 2 N–H and O–H groups in total. The fourth-order valence-electron chi connectivity index (χ4n) is 1.44. The Kier molecular flexibility index (Phi) is 5.25. The molecule has 0 amide bonds. The van der Waals surface area contributed by atoms with Crippen LogP contribution in [0.4, 0.5) is 18.9 Å². The highest BCUT2D eigenvalue weighted by Crippen LogP contribution is 2.32. The van der Waals surface area contributed by atoms with Gasteiger partial charge in [0.25, 0.3) is 0 Å². The molecular formula is C12H17F3N2O. The summed E-state index contributed by atoms with van der Waals surface area (Å²) >= 11 is 0. The number of anilines is 1. The molecule has 102 valence electrons. The Bertz CT molecular complexity index is 380. The largest absolute Gasteiger partial charge is 0.491 e. The van der Waals surface area contributed by atoms with Crippen LogP contribution in [0.1, 0.15) is 38.3 Å². The Balaban J connectivity index is 2.59. The van der Waals surface area contributed by atoms with Gasteiger partial charge in [-0.3, -0.25) is 0 Å². The predicted molar refractivity (Wildman–Crippen MR) is 63.3 cm³/mol. The molecule has 18 heavy (non-hydrogen) atoms. The fourth-order valence-corrected chi connectivity index (χ4v) is 1.44. The second-order valence-corrected chi connectivity index (χ2v) is 4.01. The summed E-state index contributed by atoms with van der Waals surface area (Å²) in [7, 11) is 0. The molecule has 0 fully saturated rings. The van der Waals surface area contributed by atoms with Gasteiger partial charge in [-0.1, -0.05) is 26.2 Å². The van der Waals surface area contributed by atoms with E-state index in [4.69, 9.17) is 10.5 Å². The fraction of sp³-hybridized carbons (Fsp3) is 0.583. The van der Waals surface area contributed by atoms with Crippen LogP contribution in [0.15, 0.2) is 12.3 Å². The average Bonchev–Trinajstić information content (AvgIpc) is 2.29. The zero-order valence-corrected chi connectivity index (χ0v) is 10.3. The second kappa shape index (κ2) is 6.47. The normalized spacial score (nSPS) is 11.6. The third-order valence-electron chi connectivity index (χ3n) is 2.44. The minimum Gasteiger partial charge on any atom is -0.491 e. The molecule has 0 radical (unpaired) electrons. The third-order valence-corrected chi connectivity index (χ3v) is 2.44. The standard InChI is InChI=1S/C12H17F3N2O/c1-2-3-4-5-6-18-10-7-11(12(13,14)15)17-8-9(10)16/h7-8H,2-6,16H2,1H3. The van der Waals surface area contributed by atoms with Crippen molar-refractivity contribution in [2.75, 3.05) is 12.3 Å². The molecule has 0 aliphatic heterocycles. The van der Waals surface area contributed by atoms with Crippen LogP contribution in [0.25, 0.3) is 0 Å². The van der Waals surface area contributed by atoms with Gasteiger partial charge in [-0.2, -0.15) is 13.2 Å². The Labute approximate surface area is 104 Å². The number of nitrogens with zero attached hydrogens (tertiary/aromatic N) is 1. The van der Waals surface area contributed by atoms with E-state index in [-0.39, 0.29) is 11.4 Å². The molecule has 0 atom stereocenters. The van der Waals surface area contributed by atoms with E-state index in [1.165, 1.54) is 0 Å². The quantitative estimate of drug-likeness (QED) is 0.796. The summed E-state index contributed by atoms with van der Waals surface area (Å²) in [5, 5.41) is 0. The summed E-state index contributed by atoms with van der Waals surface area (Å²) in [6.07, 6.45) is 0.474. The predicted octanol–water partition coefficient (Wildman–Crippen LogP) is 3.64. The molecule has 0 saturated carbocycles. The van der Waals surface area contributed by atoms with E-state index in [9.17, 15) is 13.2 Å². The van der Waals surface area contributed by atoms with Crippen molar-refractivity contribution in [2.45, 2.75) is 38.8 Å². The van der Waals surface area contributed by atoms with Gasteiger partial charge in [0, 0.05) is 6.07 Å². The monoisotopic (exact) mass is 262 g/mol. The zero-order valence-electron chi connectivity index (χ0n) is 10.3. The lowest BCUT2D eigenvalue weighted by Crippen LogP contribution is -2.10. The van der Waals surface area contributed by atoms with Gasteiger partial charge in [-0.15, -0.1) is 0 Å². The number of aromatic nitrogens is 1. The van der Waals surface area contributed by atoms with Crippen LogP contribution in [0.2, 0.25) is 0 Å². The molecule has 1 rings (SSSR count). The van der Waals surface area contributed by atoms with Crippen molar-refractivity contribution < 1.29 is 17.9 Å². The van der Waals surface area contributed by atoms with Crippen LogP contribution in [0, 0.1) is 0 Å². The number of hydrogen-bond donors (Lipinski definition) is 1. The summed E-state index contributed by atoms with van der Waals surface area (Å²) in [5.41, 5.74) is 4.66. The number of rotatable bonds is 6. The van der Waals surface area contributed by atoms with Gasteiger partial charge < -0.3 is 10.5 Å². The van der Waals surface area contributed by atoms with E-state index >= 15 is 0 Å². The number of nitrogens with two attached hydrogens (primary N) is 1. The highest BCUT2D eigenvalue weighted by molar-refractivity contribution is 5.51. The SMILES string of the molecule is CCCCCCOc1cc(C(F)(F)F)ncc1N. The molecule has 3 nitrogen and oxygen atoms in total. The molecule has 6 heteroatoms. The molecular weight excluding hydrogens is 245 g/mol. The highest BCUT2D eigenvalue weighted by Gasteiger charge is 2.33. The summed E-state index contributed by atoms with van der Waals surface area (Å²) in [6.45, 7) is 2.45. The maximum absolute atomic E-state index is 12.4. The lowest BCUT2D eigenvalue weighted by atomic mass is 10.2. The molecule has 0 spiro atoms. The Morgan fingerprint density at radius 3 is 2.61 bits per heavy atom. The van der Waals surface area contributed by atoms with Crippen molar-refractivity contribution >= 4 is 5.69 Å². The van der Waals surface area contributed by atoms with Gasteiger partial charge in [0.2, 0.25) is 0 Å². The van der Waals surface area contributed by atoms with E-state index < -0.39 is 11.9 Å². The van der Waals surface area contributed by atoms with Crippen molar-refractivity contribution in [3.05, 3.63) is 18.0 Å². The number of nitrogen functional groups attached to an aromatic ring is 1. The molecule has 0 aliphatic rings. The first-order chi connectivity index (χ1) is 8.45. The van der Waals surface area contributed by atoms with Gasteiger partial charge in [0.15, 0.2) is 0 Å². The first-order valence-electron chi connectivity index (χ1n) is 5.90. The summed E-state index contributed by atoms with van der Waals surface area (Å²) in [4.78, 5) is 3.24. The van der Waals surface area contributed by atoms with Crippen molar-refractivity contribution in [1.29, 1.82) is 0 Å². The number of alkyl halides is 3. The second-order valence-electron chi connectivity index (χ2n) is 4.01. The van der Waals surface area contributed by atoms with Crippen LogP contribution < -0.4 is 10.5 Å². The van der Waals surface area contributed by atoms with Gasteiger partial charge in [-0.05, 0) is 6.42 Å². The molecule has 0 bridgehead atoms. The van der Waals surface area contributed by atoms with E-state index in [1.807, 2.05) is 0 Å². The maximum atomic E-state index is 12.4. The average molecular weight is 262 g/mol. The van der Waals surface area contributed by atoms with Gasteiger partial charge in [-0.25, -0.2) is 4.98 Å². The van der Waals surface area contributed by atoms with Crippen molar-refractivity contribution in [1.82, 2.24) is 4.98 Å². The van der Waals surface area contributed by atoms with Crippen molar-refractivity contribution in [3.8, 4) is 5.75 Å². The number of pyridine rings is 1. The van der Waals surface area contributed by atoms with Crippen LogP contribution in [0.5, 0.6) is 5.75 Å². The van der Waals surface area contributed by atoms with Crippen LogP contribution in [-0.2, 0) is 6.18 Å². The minimum absolute atomic E-state index is 0.0498. The first-order valence-corrected chi connectivity index (χ1v) is 5.90. The lowest BCUT2D eigenvalue weighted by Gasteiger charge is -2.11. The number of hydrogen-bond acceptors (Lipinski definition) is 3. The van der Waals surface area contributed by atoms with Gasteiger partial charge in [0.05, 0.1) is 18.5 Å². The molecule has 0 saturated heterocycles. The Morgan fingerprint density at radius 1 is 1.28 bits per heavy atom. The van der Waals surface area contributed by atoms with Gasteiger partial charge in [0.1, 0.15) is 11.4 Å². The first kappa shape index (κ1) is 14.6. The topological polar surface area (TPSA) is 48.1 Å². The van der Waals surface area contributed by atoms with E-state index in [0.717, 1.165) is 37.9 Å². The summed E-state index contributed by atoms with van der Waals surface area (Å²) in [5.74, 6) is 0.0498. The van der Waals surface area contributed by atoms with Crippen molar-refractivity contribution in [3.63, 3.8) is 0 Å². The van der Waals surface area contributed by atoms with E-state index in [0.29, 0.717) is 6.61 Å². The smallest absolute Gasteiger partial charge is 0.433 e. The van der Waals surface area contributed by atoms with E-state index in [1.54, 1.807) is 0 Å². The van der Waals surface area contributed by atoms with Crippen LogP contribution in [-0.4, -0.2) is 11.6 Å². The maximum Gasteiger partial charge on any atom is 0.433 e. The number of unbranched alkanes of at least 4 members (excludes halogenated alkanes) is 3. The van der Waals surface area contributed by atoms with E-state index in [2.05, 4.69) is 11.9 Å². The van der Waals surface area contributed by atoms with Crippen LogP contribution >= 0.6 is 0 Å². The third kappa shape index (κ3) is 4.43. The molecule has 1 heterocycles. The molecule has 0 aromatic carbocycles.